The van der Waals surface area contributed by atoms with Crippen LogP contribution in [0.5, 0.6) is 0 Å². The maximum Gasteiger partial charge on any atom is 0.355 e. The summed E-state index contributed by atoms with van der Waals surface area (Å²) in [5.74, 6) is -1.14. The van der Waals surface area contributed by atoms with E-state index in [1.165, 1.54) is 6.33 Å². The minimum absolute atomic E-state index is 0.00872. The van der Waals surface area contributed by atoms with Gasteiger partial charge < -0.3 is 5.32 Å². The van der Waals surface area contributed by atoms with Crippen molar-refractivity contribution in [3.63, 3.8) is 0 Å². The molecule has 4 rings (SSSR count). The quantitative estimate of drug-likeness (QED) is 0.245. The maximum atomic E-state index is 13.2. The Hall–Kier alpha value is -4.79. The molecule has 4 aromatic rings. The molecule has 3 aromatic carbocycles. The molecule has 0 radical (unpaired) electrons. The normalized spacial score (nSPS) is 10.6. The molecule has 0 spiro atoms. The van der Waals surface area contributed by atoms with Crippen LogP contribution in [0.1, 0.15) is 28.2 Å². The summed E-state index contributed by atoms with van der Waals surface area (Å²) in [6.45, 7) is 3.87. The number of nitrogens with one attached hydrogen (secondary N) is 3. The predicted molar refractivity (Wildman–Crippen MR) is 134 cm³/mol. The van der Waals surface area contributed by atoms with Crippen molar-refractivity contribution in [2.45, 2.75) is 19.8 Å². The minimum atomic E-state index is -0.626. The number of aromatic nitrogens is 2. The van der Waals surface area contributed by atoms with Crippen molar-refractivity contribution in [2.24, 2.45) is 0 Å². The number of hydrogen-bond acceptors (Lipinski definition) is 7. The Morgan fingerprint density at radius 2 is 1.40 bits per heavy atom. The van der Waals surface area contributed by atoms with Crippen molar-refractivity contribution in [1.82, 2.24) is 15.4 Å². The monoisotopic (exact) mass is 468 g/mol. The van der Waals surface area contributed by atoms with E-state index >= 15 is 0 Å². The van der Waals surface area contributed by atoms with Gasteiger partial charge in [0.25, 0.3) is 0 Å². The summed E-state index contributed by atoms with van der Waals surface area (Å²) >= 11 is 0. The fraction of sp³-hybridized carbons (Fsp3) is 0.115. The van der Waals surface area contributed by atoms with E-state index in [9.17, 15) is 14.9 Å². The van der Waals surface area contributed by atoms with Crippen molar-refractivity contribution in [3.05, 3.63) is 118 Å². The van der Waals surface area contributed by atoms with Gasteiger partial charge in [-0.25, -0.2) is 9.97 Å². The van der Waals surface area contributed by atoms with Crippen LogP contribution in [-0.4, -0.2) is 20.8 Å². The summed E-state index contributed by atoms with van der Waals surface area (Å²) in [5.41, 5.74) is 9.07. The fourth-order valence-corrected chi connectivity index (χ4v) is 3.90. The largest absolute Gasteiger partial charge is 0.355 e. The summed E-state index contributed by atoms with van der Waals surface area (Å²) in [5, 5.41) is 14.9. The van der Waals surface area contributed by atoms with E-state index in [1.807, 2.05) is 92.7 Å². The number of anilines is 3. The first-order chi connectivity index (χ1) is 16.9. The van der Waals surface area contributed by atoms with Crippen molar-refractivity contribution < 1.29 is 9.72 Å². The molecule has 0 bridgehead atoms. The van der Waals surface area contributed by atoms with Gasteiger partial charge in [-0.05, 0) is 48.2 Å². The number of hydrogen-bond donors (Lipinski definition) is 3. The Kier molecular flexibility index (Phi) is 6.96. The topological polar surface area (TPSA) is 122 Å². The molecule has 0 unspecified atom stereocenters. The van der Waals surface area contributed by atoms with E-state index in [4.69, 9.17) is 0 Å². The average Bonchev–Trinajstić information content (AvgIpc) is 2.83. The van der Waals surface area contributed by atoms with Gasteiger partial charge in [0.1, 0.15) is 6.33 Å². The molecule has 1 amide bonds. The molecule has 0 aliphatic heterocycles. The van der Waals surface area contributed by atoms with Gasteiger partial charge in [0.2, 0.25) is 17.5 Å². The van der Waals surface area contributed by atoms with Crippen LogP contribution in [0.25, 0.3) is 0 Å². The lowest BCUT2D eigenvalue weighted by Gasteiger charge is -2.18. The first kappa shape index (κ1) is 23.4. The number of rotatable bonds is 8. The lowest BCUT2D eigenvalue weighted by Crippen LogP contribution is -2.35. The maximum absolute atomic E-state index is 13.2. The zero-order chi connectivity index (χ0) is 24.8. The molecule has 0 aliphatic carbocycles. The number of aryl methyl sites for hydroxylation is 2. The smallest absolute Gasteiger partial charge is 0.334 e. The van der Waals surface area contributed by atoms with Gasteiger partial charge >= 0.3 is 5.69 Å². The zero-order valence-corrected chi connectivity index (χ0v) is 19.2. The summed E-state index contributed by atoms with van der Waals surface area (Å²) in [7, 11) is 0. The van der Waals surface area contributed by atoms with Gasteiger partial charge in [-0.3, -0.25) is 25.8 Å². The highest BCUT2D eigenvalue weighted by molar-refractivity contribution is 5.88. The lowest BCUT2D eigenvalue weighted by atomic mass is 9.91. The van der Waals surface area contributed by atoms with Crippen LogP contribution in [0.2, 0.25) is 0 Å². The van der Waals surface area contributed by atoms with Gasteiger partial charge in [-0.15, -0.1) is 0 Å². The predicted octanol–water partition coefficient (Wildman–Crippen LogP) is 5.02. The second-order valence-electron chi connectivity index (χ2n) is 8.05. The molecule has 0 saturated heterocycles. The highest BCUT2D eigenvalue weighted by Gasteiger charge is 2.26. The van der Waals surface area contributed by atoms with E-state index in [0.717, 1.165) is 22.3 Å². The SMILES string of the molecule is Cc1cc(C)cc(Nc2ncnc(NNC(=O)C(c3ccccc3)c3ccccc3)c2[N+](=O)[O-])c1. The van der Waals surface area contributed by atoms with Crippen LogP contribution in [0.15, 0.2) is 85.2 Å². The third-order valence-corrected chi connectivity index (χ3v) is 5.32. The molecular weight excluding hydrogens is 444 g/mol. The molecule has 176 valence electrons. The van der Waals surface area contributed by atoms with Crippen LogP contribution in [0.3, 0.4) is 0 Å². The summed E-state index contributed by atoms with van der Waals surface area (Å²) in [4.78, 5) is 32.6. The molecule has 0 atom stereocenters. The van der Waals surface area contributed by atoms with Gasteiger partial charge in [-0.1, -0.05) is 66.7 Å². The standard InChI is InChI=1S/C26H24N6O3/c1-17-13-18(2)15-21(14-17)29-24-23(32(34)35)25(28-16-27-24)30-31-26(33)22(19-9-5-3-6-10-19)20-11-7-4-8-12-20/h3-16,22H,1-2H3,(H,31,33)(H2,27,28,29,30). The van der Waals surface area contributed by atoms with Crippen molar-refractivity contribution in [1.29, 1.82) is 0 Å². The molecule has 1 aromatic heterocycles. The van der Waals surface area contributed by atoms with Crippen LogP contribution >= 0.6 is 0 Å². The van der Waals surface area contributed by atoms with E-state index < -0.39 is 10.8 Å². The van der Waals surface area contributed by atoms with Crippen LogP contribution in [-0.2, 0) is 4.79 Å². The summed E-state index contributed by atoms with van der Waals surface area (Å²) < 4.78 is 0. The molecule has 35 heavy (non-hydrogen) atoms. The fourth-order valence-electron chi connectivity index (χ4n) is 3.90. The van der Waals surface area contributed by atoms with E-state index in [1.54, 1.807) is 0 Å². The van der Waals surface area contributed by atoms with Gasteiger partial charge in [0, 0.05) is 5.69 Å². The number of carbonyl (C=O) groups is 1. The van der Waals surface area contributed by atoms with E-state index in [-0.39, 0.29) is 23.2 Å². The van der Waals surface area contributed by atoms with Crippen molar-refractivity contribution >= 4 is 28.9 Å². The number of carbonyl (C=O) groups excluding carboxylic acids is 1. The molecule has 0 saturated carbocycles. The summed E-state index contributed by atoms with van der Waals surface area (Å²) in [6.07, 6.45) is 1.19. The molecule has 1 heterocycles. The highest BCUT2D eigenvalue weighted by Crippen LogP contribution is 2.31. The van der Waals surface area contributed by atoms with E-state index in [0.29, 0.717) is 5.69 Å². The Morgan fingerprint density at radius 3 is 1.94 bits per heavy atom. The average molecular weight is 469 g/mol. The van der Waals surface area contributed by atoms with E-state index in [2.05, 4.69) is 26.1 Å². The Balaban J connectivity index is 1.60. The highest BCUT2D eigenvalue weighted by atomic mass is 16.6. The van der Waals surface area contributed by atoms with Crippen LogP contribution in [0, 0.1) is 24.0 Å². The number of nitro groups is 1. The van der Waals surface area contributed by atoms with Crippen molar-refractivity contribution in [2.75, 3.05) is 10.7 Å². The number of benzene rings is 3. The van der Waals surface area contributed by atoms with Gasteiger partial charge in [0.15, 0.2) is 0 Å². The van der Waals surface area contributed by atoms with Gasteiger partial charge in [0.05, 0.1) is 10.8 Å². The molecule has 0 fully saturated rings. The third-order valence-electron chi connectivity index (χ3n) is 5.32. The van der Waals surface area contributed by atoms with Crippen LogP contribution in [0.4, 0.5) is 23.0 Å². The first-order valence-electron chi connectivity index (χ1n) is 10.9. The minimum Gasteiger partial charge on any atom is -0.334 e. The molecule has 9 nitrogen and oxygen atoms in total. The number of nitrogens with zero attached hydrogens (tertiary/aromatic N) is 3. The number of amides is 1. The molecule has 0 aliphatic rings. The summed E-state index contributed by atoms with van der Waals surface area (Å²) in [6, 6.07) is 24.3. The second kappa shape index (κ2) is 10.4. The zero-order valence-electron chi connectivity index (χ0n) is 19.2. The molecular formula is C26H24N6O3. The third kappa shape index (κ3) is 5.59. The first-order valence-corrected chi connectivity index (χ1v) is 10.9. The Labute approximate surface area is 202 Å². The lowest BCUT2D eigenvalue weighted by molar-refractivity contribution is -0.383. The van der Waals surface area contributed by atoms with Crippen molar-refractivity contribution in [3.8, 4) is 0 Å². The molecule has 3 N–H and O–H groups in total. The second-order valence-corrected chi connectivity index (χ2v) is 8.05. The Morgan fingerprint density at radius 1 is 0.857 bits per heavy atom. The van der Waals surface area contributed by atoms with Gasteiger partial charge in [-0.2, -0.15) is 0 Å². The number of hydrazine groups is 1. The Bertz CT molecular complexity index is 1290. The molecule has 9 heteroatoms. The van der Waals surface area contributed by atoms with Crippen LogP contribution < -0.4 is 16.2 Å².